The average Bonchev–Trinajstić information content (AvgIpc) is 3.40. The Bertz CT molecular complexity index is 2580. The van der Waals surface area contributed by atoms with Crippen molar-refractivity contribution in [2.45, 2.75) is 75.5 Å². The highest BCUT2D eigenvalue weighted by Gasteiger charge is 2.48. The lowest BCUT2D eigenvalue weighted by Crippen LogP contribution is -2.25. The molecule has 2 aliphatic rings. The first kappa shape index (κ1) is 34.2. The Hall–Kier alpha value is -4.34. The second-order valence-corrected chi connectivity index (χ2v) is 24.0. The molecule has 0 spiro atoms. The van der Waals surface area contributed by atoms with E-state index in [0.717, 1.165) is 12.3 Å². The van der Waals surface area contributed by atoms with Gasteiger partial charge in [0.05, 0.1) is 0 Å². The zero-order valence-corrected chi connectivity index (χ0v) is 34.1. The molecule has 10 rings (SSSR count). The topological polar surface area (TPSA) is 0 Å². The Kier molecular flexibility index (Phi) is 7.97. The van der Waals surface area contributed by atoms with Crippen molar-refractivity contribution in [2.75, 3.05) is 0 Å². The van der Waals surface area contributed by atoms with E-state index in [0.29, 0.717) is 11.3 Å². The first-order chi connectivity index (χ1) is 26.0. The Balaban J connectivity index is 1.37. The van der Waals surface area contributed by atoms with Crippen LogP contribution in [-0.4, -0.2) is 10.3 Å². The molecule has 0 fully saturated rings. The normalized spacial score (nSPS) is 19.9. The first-order valence-electron chi connectivity index (χ1n) is 19.7. The summed E-state index contributed by atoms with van der Waals surface area (Å²) in [6.07, 6.45) is 2.24. The molecule has 0 N–H and O–H groups in total. The summed E-state index contributed by atoms with van der Waals surface area (Å²) < 4.78 is 0. The molecular weight excluding hydrogens is 687 g/mol. The van der Waals surface area contributed by atoms with Crippen LogP contribution >= 0.6 is 15.8 Å². The molecule has 0 radical (unpaired) electrons. The summed E-state index contributed by atoms with van der Waals surface area (Å²) in [7, 11) is -1.11. The molecule has 8 aromatic rings. The van der Waals surface area contributed by atoms with Crippen LogP contribution in [-0.2, 0) is 12.3 Å². The number of rotatable bonds is 1. The lowest BCUT2D eigenvalue weighted by molar-refractivity contribution is 0.723. The fraction of sp³-hybridized carbons (Fsp3) is 0.231. The highest BCUT2D eigenvalue weighted by atomic mass is 31.1. The second kappa shape index (κ2) is 12.6. The van der Waals surface area contributed by atoms with Crippen molar-refractivity contribution >= 4 is 58.9 Å². The van der Waals surface area contributed by atoms with E-state index in [1.165, 1.54) is 76.5 Å². The van der Waals surface area contributed by atoms with Crippen LogP contribution in [0.1, 0.15) is 75.1 Å². The van der Waals surface area contributed by atoms with Gasteiger partial charge in [-0.2, -0.15) is 0 Å². The predicted octanol–water partition coefficient (Wildman–Crippen LogP) is 16.0. The Morgan fingerprint density at radius 3 is 1.09 bits per heavy atom. The van der Waals surface area contributed by atoms with Gasteiger partial charge in [0.1, 0.15) is 0 Å². The third-order valence-electron chi connectivity index (χ3n) is 12.4. The molecule has 266 valence electrons. The van der Waals surface area contributed by atoms with Crippen LogP contribution in [0.5, 0.6) is 0 Å². The number of hydrogen-bond acceptors (Lipinski definition) is 0. The summed E-state index contributed by atoms with van der Waals surface area (Å²) in [4.78, 5) is 0. The number of benzene rings is 8. The summed E-state index contributed by atoms with van der Waals surface area (Å²) in [5.74, 6) is 0. The van der Waals surface area contributed by atoms with E-state index in [1.54, 1.807) is 11.1 Å². The zero-order valence-electron chi connectivity index (χ0n) is 32.3. The monoisotopic (exact) mass is 734 g/mol. The Labute approximate surface area is 323 Å². The average molecular weight is 735 g/mol. The van der Waals surface area contributed by atoms with Crippen LogP contribution in [0.2, 0.25) is 0 Å². The van der Waals surface area contributed by atoms with Gasteiger partial charge >= 0.3 is 0 Å². The van der Waals surface area contributed by atoms with Crippen LogP contribution < -0.4 is 0 Å². The van der Waals surface area contributed by atoms with Crippen molar-refractivity contribution in [2.24, 2.45) is 0 Å². The molecule has 8 aromatic carbocycles. The molecule has 2 heteroatoms. The van der Waals surface area contributed by atoms with Crippen LogP contribution in [0.25, 0.3) is 65.3 Å². The maximum absolute atomic E-state index is 2.65. The zero-order chi connectivity index (χ0) is 36.9. The van der Waals surface area contributed by atoms with Gasteiger partial charge in [-0.25, -0.2) is 0 Å². The molecule has 0 amide bonds. The van der Waals surface area contributed by atoms with Gasteiger partial charge < -0.3 is 0 Å². The number of fused-ring (bicyclic) bond motifs is 12. The standard InChI is InChI=1S/C52H48P2/c1-51(2,3)53-31-39-25-23-33-15-11-13-21-41(33)47(39)43-27-35-17-7-9-19-37(35)29-45(43)49(53)50-46-30-38-20-10-8-18-36(38)28-44(46)48-40(32-54(50)52(4,5)6)26-24-34-16-12-14-22-42(34)48/h7-30,49-50H,31-32H2,1-6H3/t49-,50-,53-,54-/m1/s1. The van der Waals surface area contributed by atoms with Crippen LogP contribution in [0.3, 0.4) is 0 Å². The summed E-state index contributed by atoms with van der Waals surface area (Å²) in [6, 6.07) is 56.7. The molecule has 0 aliphatic carbocycles. The molecule has 0 nitrogen and oxygen atoms in total. The van der Waals surface area contributed by atoms with E-state index in [9.17, 15) is 0 Å². The quantitative estimate of drug-likeness (QED) is 0.147. The summed E-state index contributed by atoms with van der Waals surface area (Å²) >= 11 is 0. The Morgan fingerprint density at radius 2 is 0.722 bits per heavy atom. The van der Waals surface area contributed by atoms with Gasteiger partial charge in [-0.3, -0.25) is 0 Å². The van der Waals surface area contributed by atoms with Crippen LogP contribution in [0.15, 0.2) is 146 Å². The largest absolute Gasteiger partial charge is 0.0880 e. The van der Waals surface area contributed by atoms with Crippen molar-refractivity contribution < 1.29 is 0 Å². The molecule has 0 bridgehead atoms. The van der Waals surface area contributed by atoms with Gasteiger partial charge in [-0.05, 0) is 134 Å². The van der Waals surface area contributed by atoms with Crippen LogP contribution in [0, 0.1) is 0 Å². The number of hydrogen-bond donors (Lipinski definition) is 0. The lowest BCUT2D eigenvalue weighted by Gasteiger charge is -2.48. The fourth-order valence-corrected chi connectivity index (χ4v) is 17.2. The minimum Gasteiger partial charge on any atom is -0.0880 e. The molecular formula is C52H48P2. The van der Waals surface area contributed by atoms with E-state index in [-0.39, 0.29) is 10.3 Å². The molecule has 0 unspecified atom stereocenters. The van der Waals surface area contributed by atoms with Gasteiger partial charge in [0.2, 0.25) is 0 Å². The maximum atomic E-state index is 2.65. The Morgan fingerprint density at radius 1 is 0.389 bits per heavy atom. The second-order valence-electron chi connectivity index (χ2n) is 17.7. The van der Waals surface area contributed by atoms with Crippen molar-refractivity contribution in [3.8, 4) is 22.3 Å². The van der Waals surface area contributed by atoms with Crippen molar-refractivity contribution in [3.05, 3.63) is 168 Å². The third-order valence-corrected chi connectivity index (χ3v) is 20.0. The van der Waals surface area contributed by atoms with E-state index >= 15 is 0 Å². The summed E-state index contributed by atoms with van der Waals surface area (Å²) in [5, 5.41) is 11.1. The van der Waals surface area contributed by atoms with E-state index in [2.05, 4.69) is 187 Å². The maximum Gasteiger partial charge on any atom is 0.0165 e. The van der Waals surface area contributed by atoms with Gasteiger partial charge in [0.15, 0.2) is 0 Å². The molecule has 2 aliphatic heterocycles. The van der Waals surface area contributed by atoms with Gasteiger partial charge in [0.25, 0.3) is 0 Å². The lowest BCUT2D eigenvalue weighted by atomic mass is 9.85. The van der Waals surface area contributed by atoms with Gasteiger partial charge in [-0.1, -0.05) is 179 Å². The SMILES string of the molecule is CC(C)(C)[P@]1Cc2ccc3ccccc3c2-c2cc3ccccc3cc2[C@@H]1[C@H]1c2cc3ccccc3cc2-c2c(ccc3ccccc23)C[P@@]1C(C)(C)C. The first-order valence-corrected chi connectivity index (χ1v) is 22.8. The van der Waals surface area contributed by atoms with E-state index in [4.69, 9.17) is 0 Å². The molecule has 54 heavy (non-hydrogen) atoms. The molecule has 2 heterocycles. The molecule has 0 saturated carbocycles. The summed E-state index contributed by atoms with van der Waals surface area (Å²) in [5.41, 5.74) is 12.8. The minimum absolute atomic E-state index is 0.123. The smallest absolute Gasteiger partial charge is 0.0165 e. The van der Waals surface area contributed by atoms with E-state index < -0.39 is 15.8 Å². The van der Waals surface area contributed by atoms with Crippen LogP contribution in [0.4, 0.5) is 0 Å². The van der Waals surface area contributed by atoms with Crippen molar-refractivity contribution in [3.63, 3.8) is 0 Å². The minimum atomic E-state index is -0.557. The summed E-state index contributed by atoms with van der Waals surface area (Å²) in [6.45, 7) is 15.3. The van der Waals surface area contributed by atoms with Crippen molar-refractivity contribution in [1.82, 2.24) is 0 Å². The van der Waals surface area contributed by atoms with E-state index in [1.807, 2.05) is 0 Å². The highest BCUT2D eigenvalue weighted by molar-refractivity contribution is 7.63. The van der Waals surface area contributed by atoms with Crippen molar-refractivity contribution in [1.29, 1.82) is 0 Å². The third kappa shape index (κ3) is 5.48. The molecule has 4 atom stereocenters. The molecule has 0 saturated heterocycles. The van der Waals surface area contributed by atoms with Gasteiger partial charge in [-0.15, -0.1) is 0 Å². The predicted molar refractivity (Wildman–Crippen MR) is 240 cm³/mol. The molecule has 0 aromatic heterocycles. The highest BCUT2D eigenvalue weighted by Crippen LogP contribution is 2.79. The fourth-order valence-electron chi connectivity index (χ4n) is 9.86. The van der Waals surface area contributed by atoms with Gasteiger partial charge in [0, 0.05) is 11.3 Å².